The van der Waals surface area contributed by atoms with Crippen molar-refractivity contribution in [3.8, 4) is 0 Å². The number of nitrogens with one attached hydrogen (secondary N) is 1. The first-order chi connectivity index (χ1) is 6.11. The van der Waals surface area contributed by atoms with E-state index in [0.717, 1.165) is 0 Å². The zero-order chi connectivity index (χ0) is 9.59. The Labute approximate surface area is 75.1 Å². The van der Waals surface area contributed by atoms with Crippen LogP contribution in [0.3, 0.4) is 0 Å². The standard InChI is InChI=1S/C7H11N3O3/c1-3-4-5(13-9-3)6(11)8-10(2)7(4)12/h4-6,8,11H,1-2H3/t4-,5+,6-/m0/s1. The predicted octanol–water partition coefficient (Wildman–Crippen LogP) is -1.33. The Morgan fingerprint density at radius 1 is 1.69 bits per heavy atom. The maximum Gasteiger partial charge on any atom is 0.249 e. The number of hydrogen-bond acceptors (Lipinski definition) is 5. The Morgan fingerprint density at radius 2 is 2.38 bits per heavy atom. The van der Waals surface area contributed by atoms with E-state index in [1.807, 2.05) is 0 Å². The Bertz CT molecular complexity index is 278. The van der Waals surface area contributed by atoms with Gasteiger partial charge in [0.25, 0.3) is 0 Å². The van der Waals surface area contributed by atoms with E-state index in [9.17, 15) is 9.90 Å². The quantitative estimate of drug-likeness (QED) is 0.490. The minimum atomic E-state index is -0.881. The number of fused-ring (bicyclic) bond motifs is 1. The highest BCUT2D eigenvalue weighted by Crippen LogP contribution is 2.25. The van der Waals surface area contributed by atoms with Gasteiger partial charge >= 0.3 is 0 Å². The van der Waals surface area contributed by atoms with E-state index in [1.165, 1.54) is 5.01 Å². The number of nitrogens with zero attached hydrogens (tertiary/aromatic N) is 2. The van der Waals surface area contributed by atoms with Crippen molar-refractivity contribution >= 4 is 11.6 Å². The summed E-state index contributed by atoms with van der Waals surface area (Å²) in [5, 5.41) is 14.4. The summed E-state index contributed by atoms with van der Waals surface area (Å²) in [5.41, 5.74) is 3.18. The number of carbonyl (C=O) groups is 1. The first-order valence-electron chi connectivity index (χ1n) is 4.03. The van der Waals surface area contributed by atoms with Crippen molar-refractivity contribution in [1.29, 1.82) is 0 Å². The maximum atomic E-state index is 11.6. The van der Waals surface area contributed by atoms with E-state index in [0.29, 0.717) is 5.71 Å². The normalized spacial score (nSPS) is 38.4. The van der Waals surface area contributed by atoms with Crippen molar-refractivity contribution in [1.82, 2.24) is 10.4 Å². The van der Waals surface area contributed by atoms with Crippen LogP contribution in [-0.4, -0.2) is 41.1 Å². The molecule has 1 fully saturated rings. The van der Waals surface area contributed by atoms with Gasteiger partial charge in [-0.2, -0.15) is 0 Å². The number of carbonyl (C=O) groups excluding carboxylic acids is 1. The molecule has 0 aromatic rings. The van der Waals surface area contributed by atoms with Gasteiger partial charge in [-0.1, -0.05) is 5.16 Å². The summed E-state index contributed by atoms with van der Waals surface area (Å²) in [5.74, 6) is -0.574. The molecule has 0 radical (unpaired) electrons. The van der Waals surface area contributed by atoms with E-state index >= 15 is 0 Å². The van der Waals surface area contributed by atoms with Gasteiger partial charge in [-0.15, -0.1) is 0 Å². The average molecular weight is 185 g/mol. The molecule has 1 amide bonds. The fraction of sp³-hybridized carbons (Fsp3) is 0.714. The van der Waals surface area contributed by atoms with Crippen LogP contribution in [0.15, 0.2) is 5.16 Å². The second-order valence-corrected chi connectivity index (χ2v) is 3.25. The minimum Gasteiger partial charge on any atom is -0.387 e. The molecule has 0 spiro atoms. The molecule has 2 heterocycles. The van der Waals surface area contributed by atoms with Gasteiger partial charge in [0.15, 0.2) is 12.3 Å². The topological polar surface area (TPSA) is 74.2 Å². The van der Waals surface area contributed by atoms with E-state index in [2.05, 4.69) is 10.6 Å². The van der Waals surface area contributed by atoms with Crippen LogP contribution in [0, 0.1) is 5.92 Å². The van der Waals surface area contributed by atoms with Crippen molar-refractivity contribution in [2.75, 3.05) is 7.05 Å². The monoisotopic (exact) mass is 185 g/mol. The molecule has 0 unspecified atom stereocenters. The number of oxime groups is 1. The molecule has 0 aromatic heterocycles. The first-order valence-corrected chi connectivity index (χ1v) is 4.03. The molecule has 1 saturated heterocycles. The smallest absolute Gasteiger partial charge is 0.249 e. The molecular formula is C7H11N3O3. The summed E-state index contributed by atoms with van der Waals surface area (Å²) in [6.45, 7) is 1.72. The van der Waals surface area contributed by atoms with Crippen LogP contribution in [0.2, 0.25) is 0 Å². The summed E-state index contributed by atoms with van der Waals surface area (Å²) in [6.07, 6.45) is -1.46. The Hall–Kier alpha value is -1.14. The number of rotatable bonds is 0. The summed E-state index contributed by atoms with van der Waals surface area (Å²) >= 11 is 0. The van der Waals surface area contributed by atoms with Crippen LogP contribution in [0.25, 0.3) is 0 Å². The number of amides is 1. The molecule has 2 aliphatic rings. The van der Waals surface area contributed by atoms with Gasteiger partial charge in [0.2, 0.25) is 5.91 Å². The van der Waals surface area contributed by atoms with Crippen LogP contribution < -0.4 is 5.43 Å². The van der Waals surface area contributed by atoms with Gasteiger partial charge in [0, 0.05) is 7.05 Å². The third kappa shape index (κ3) is 1.10. The zero-order valence-corrected chi connectivity index (χ0v) is 7.39. The van der Waals surface area contributed by atoms with E-state index in [4.69, 9.17) is 4.84 Å². The van der Waals surface area contributed by atoms with E-state index < -0.39 is 18.2 Å². The fourth-order valence-electron chi connectivity index (χ4n) is 1.60. The zero-order valence-electron chi connectivity index (χ0n) is 7.39. The molecule has 6 nitrogen and oxygen atoms in total. The minimum absolute atomic E-state index is 0.131. The average Bonchev–Trinajstić information content (AvgIpc) is 2.44. The van der Waals surface area contributed by atoms with Crippen LogP contribution in [-0.2, 0) is 9.63 Å². The highest BCUT2D eigenvalue weighted by Gasteiger charge is 2.47. The van der Waals surface area contributed by atoms with E-state index in [1.54, 1.807) is 14.0 Å². The third-order valence-corrected chi connectivity index (χ3v) is 2.33. The maximum absolute atomic E-state index is 11.6. The lowest BCUT2D eigenvalue weighted by atomic mass is 9.94. The highest BCUT2D eigenvalue weighted by atomic mass is 16.7. The lowest BCUT2D eigenvalue weighted by Gasteiger charge is -2.34. The molecule has 2 N–H and O–H groups in total. The molecule has 0 aliphatic carbocycles. The summed E-state index contributed by atoms with van der Waals surface area (Å²) in [7, 11) is 1.56. The van der Waals surface area contributed by atoms with Gasteiger partial charge in [0.05, 0.1) is 5.71 Å². The second-order valence-electron chi connectivity index (χ2n) is 3.25. The van der Waals surface area contributed by atoms with Gasteiger partial charge < -0.3 is 9.94 Å². The number of hydrazine groups is 1. The van der Waals surface area contributed by atoms with Crippen molar-refractivity contribution in [3.63, 3.8) is 0 Å². The number of aliphatic hydroxyl groups is 1. The van der Waals surface area contributed by atoms with Gasteiger partial charge in [-0.25, -0.2) is 5.43 Å². The van der Waals surface area contributed by atoms with Crippen LogP contribution in [0.1, 0.15) is 6.92 Å². The summed E-state index contributed by atoms with van der Waals surface area (Å²) < 4.78 is 0. The van der Waals surface area contributed by atoms with Gasteiger partial charge in [-0.05, 0) is 6.92 Å². The molecule has 2 rings (SSSR count). The van der Waals surface area contributed by atoms with Crippen LogP contribution in [0.4, 0.5) is 0 Å². The molecule has 0 aromatic carbocycles. The third-order valence-electron chi connectivity index (χ3n) is 2.33. The Balaban J connectivity index is 2.27. The van der Waals surface area contributed by atoms with Crippen molar-refractivity contribution in [2.24, 2.45) is 11.1 Å². The second kappa shape index (κ2) is 2.68. The molecule has 72 valence electrons. The number of hydrogen-bond donors (Lipinski definition) is 2. The lowest BCUT2D eigenvalue weighted by Crippen LogP contribution is -2.62. The van der Waals surface area contributed by atoms with Crippen molar-refractivity contribution in [2.45, 2.75) is 19.3 Å². The predicted molar refractivity (Wildman–Crippen MR) is 43.4 cm³/mol. The first kappa shape index (κ1) is 8.46. The largest absolute Gasteiger partial charge is 0.387 e. The van der Waals surface area contributed by atoms with Gasteiger partial charge in [-0.3, -0.25) is 9.80 Å². The molecular weight excluding hydrogens is 174 g/mol. The molecule has 3 atom stereocenters. The molecule has 13 heavy (non-hydrogen) atoms. The van der Waals surface area contributed by atoms with E-state index in [-0.39, 0.29) is 5.91 Å². The fourth-order valence-corrected chi connectivity index (χ4v) is 1.60. The molecule has 6 heteroatoms. The van der Waals surface area contributed by atoms with Crippen LogP contribution in [0.5, 0.6) is 0 Å². The van der Waals surface area contributed by atoms with Crippen LogP contribution >= 0.6 is 0 Å². The van der Waals surface area contributed by atoms with Gasteiger partial charge in [0.1, 0.15) is 5.92 Å². The molecule has 0 saturated carbocycles. The lowest BCUT2D eigenvalue weighted by molar-refractivity contribution is -0.162. The Kier molecular flexibility index (Phi) is 1.74. The molecule has 2 aliphatic heterocycles. The van der Waals surface area contributed by atoms with Crippen molar-refractivity contribution in [3.05, 3.63) is 0 Å². The number of aliphatic hydroxyl groups excluding tert-OH is 1. The Morgan fingerprint density at radius 3 is 3.08 bits per heavy atom. The molecule has 0 bridgehead atoms. The SMILES string of the molecule is CC1=NO[C@@H]2[C@H]1C(=O)N(C)N[C@H]2O. The summed E-state index contributed by atoms with van der Waals surface area (Å²) in [6, 6.07) is 0. The van der Waals surface area contributed by atoms with Crippen molar-refractivity contribution < 1.29 is 14.7 Å². The highest BCUT2D eigenvalue weighted by molar-refractivity contribution is 6.04. The summed E-state index contributed by atoms with van der Waals surface area (Å²) in [4.78, 5) is 16.5.